The lowest BCUT2D eigenvalue weighted by Gasteiger charge is -2.05. The zero-order chi connectivity index (χ0) is 12.4. The Balaban J connectivity index is 2.67. The maximum atomic E-state index is 11.1. The monoisotopic (exact) mass is 249 g/mol. The van der Waals surface area contributed by atoms with E-state index in [1.54, 1.807) is 24.3 Å². The molecule has 0 bridgehead atoms. The van der Waals surface area contributed by atoms with Crippen LogP contribution < -0.4 is 5.56 Å². The molecule has 0 unspecified atom stereocenters. The van der Waals surface area contributed by atoms with Crippen LogP contribution in [0, 0.1) is 0 Å². The summed E-state index contributed by atoms with van der Waals surface area (Å²) >= 11 is 5.84. The summed E-state index contributed by atoms with van der Waals surface area (Å²) in [5.74, 6) is -1.15. The number of nitrogens with one attached hydrogen (secondary N) is 1. The number of hydrogen-bond donors (Lipinski definition) is 2. The van der Waals surface area contributed by atoms with E-state index in [0.717, 1.165) is 6.07 Å². The number of aromatic carboxylic acids is 1. The van der Waals surface area contributed by atoms with Crippen molar-refractivity contribution in [1.82, 2.24) is 4.98 Å². The molecule has 0 radical (unpaired) electrons. The number of halogens is 1. The van der Waals surface area contributed by atoms with Crippen LogP contribution in [0.4, 0.5) is 0 Å². The van der Waals surface area contributed by atoms with Gasteiger partial charge in [-0.15, -0.1) is 0 Å². The largest absolute Gasteiger partial charge is 0.478 e. The highest BCUT2D eigenvalue weighted by Crippen LogP contribution is 2.24. The Bertz CT molecular complexity index is 634. The SMILES string of the molecule is O=C(O)c1cc(=O)[nH]cc1-c1cccc(Cl)c1. The van der Waals surface area contributed by atoms with Crippen molar-refractivity contribution in [2.24, 2.45) is 0 Å². The van der Waals surface area contributed by atoms with Crippen LogP contribution in [0.3, 0.4) is 0 Å². The van der Waals surface area contributed by atoms with Crippen LogP contribution >= 0.6 is 11.6 Å². The number of carbonyl (C=O) groups is 1. The van der Waals surface area contributed by atoms with Crippen molar-refractivity contribution in [3.05, 3.63) is 57.5 Å². The minimum absolute atomic E-state index is 0.0454. The van der Waals surface area contributed by atoms with Gasteiger partial charge in [-0.25, -0.2) is 4.79 Å². The first kappa shape index (κ1) is 11.4. The lowest BCUT2D eigenvalue weighted by atomic mass is 10.0. The molecule has 1 aromatic carbocycles. The second-order valence-electron chi connectivity index (χ2n) is 3.44. The highest BCUT2D eigenvalue weighted by molar-refractivity contribution is 6.30. The van der Waals surface area contributed by atoms with Gasteiger partial charge in [0.05, 0.1) is 5.56 Å². The Morgan fingerprint density at radius 1 is 1.29 bits per heavy atom. The molecule has 0 fully saturated rings. The molecule has 0 spiro atoms. The van der Waals surface area contributed by atoms with E-state index in [4.69, 9.17) is 16.7 Å². The van der Waals surface area contributed by atoms with Crippen molar-refractivity contribution < 1.29 is 9.90 Å². The normalized spacial score (nSPS) is 10.2. The van der Waals surface area contributed by atoms with Crippen molar-refractivity contribution in [3.63, 3.8) is 0 Å². The Morgan fingerprint density at radius 2 is 2.06 bits per heavy atom. The number of H-pyrrole nitrogens is 1. The fourth-order valence-corrected chi connectivity index (χ4v) is 1.73. The topological polar surface area (TPSA) is 70.2 Å². The number of rotatable bonds is 2. The molecule has 0 atom stereocenters. The van der Waals surface area contributed by atoms with Crippen LogP contribution in [-0.4, -0.2) is 16.1 Å². The molecule has 2 aromatic rings. The number of carboxylic acids is 1. The molecule has 0 amide bonds. The summed E-state index contributed by atoms with van der Waals surface area (Å²) in [6.45, 7) is 0. The summed E-state index contributed by atoms with van der Waals surface area (Å²) in [7, 11) is 0. The number of pyridine rings is 1. The average molecular weight is 250 g/mol. The number of carboxylic acid groups (broad SMARTS) is 1. The van der Waals surface area contributed by atoms with Crippen molar-refractivity contribution in [3.8, 4) is 11.1 Å². The smallest absolute Gasteiger partial charge is 0.336 e. The third-order valence-electron chi connectivity index (χ3n) is 2.29. The number of aromatic nitrogens is 1. The van der Waals surface area contributed by atoms with Gasteiger partial charge in [-0.2, -0.15) is 0 Å². The standard InChI is InChI=1S/C12H8ClNO3/c13-8-3-1-2-7(4-8)10-6-14-11(15)5-9(10)12(16)17/h1-6H,(H,14,15)(H,16,17). The molecule has 5 heteroatoms. The summed E-state index contributed by atoms with van der Waals surface area (Å²) in [4.78, 5) is 24.6. The van der Waals surface area contributed by atoms with Gasteiger partial charge >= 0.3 is 5.97 Å². The zero-order valence-corrected chi connectivity index (χ0v) is 9.36. The molecule has 2 rings (SSSR count). The van der Waals surface area contributed by atoms with Gasteiger partial charge in [0.15, 0.2) is 0 Å². The van der Waals surface area contributed by atoms with Crippen molar-refractivity contribution in [2.75, 3.05) is 0 Å². The van der Waals surface area contributed by atoms with Crippen LogP contribution in [0.1, 0.15) is 10.4 Å². The quantitative estimate of drug-likeness (QED) is 0.859. The van der Waals surface area contributed by atoms with Gasteiger partial charge in [0.1, 0.15) is 0 Å². The molecule has 4 nitrogen and oxygen atoms in total. The van der Waals surface area contributed by atoms with Crippen LogP contribution in [-0.2, 0) is 0 Å². The maximum Gasteiger partial charge on any atom is 0.336 e. The van der Waals surface area contributed by atoms with Crippen molar-refractivity contribution in [1.29, 1.82) is 0 Å². The van der Waals surface area contributed by atoms with Gasteiger partial charge in [-0.3, -0.25) is 4.79 Å². The predicted molar refractivity (Wildman–Crippen MR) is 64.5 cm³/mol. The van der Waals surface area contributed by atoms with E-state index in [-0.39, 0.29) is 5.56 Å². The van der Waals surface area contributed by atoms with E-state index in [0.29, 0.717) is 16.1 Å². The molecule has 0 aliphatic rings. The first-order chi connectivity index (χ1) is 8.08. The highest BCUT2D eigenvalue weighted by atomic mass is 35.5. The van der Waals surface area contributed by atoms with Gasteiger partial charge in [0.2, 0.25) is 5.56 Å². The zero-order valence-electron chi connectivity index (χ0n) is 8.61. The summed E-state index contributed by atoms with van der Waals surface area (Å²) < 4.78 is 0. The second kappa shape index (κ2) is 4.43. The molecular formula is C12H8ClNO3. The lowest BCUT2D eigenvalue weighted by molar-refractivity contribution is 0.0697. The van der Waals surface area contributed by atoms with E-state index in [2.05, 4.69) is 4.98 Å². The molecule has 1 heterocycles. The Labute approximate surface area is 101 Å². The first-order valence-corrected chi connectivity index (χ1v) is 5.17. The number of benzene rings is 1. The second-order valence-corrected chi connectivity index (χ2v) is 3.88. The van der Waals surface area contributed by atoms with Crippen LogP contribution in [0.15, 0.2) is 41.3 Å². The lowest BCUT2D eigenvalue weighted by Crippen LogP contribution is -2.10. The van der Waals surface area contributed by atoms with E-state index in [1.165, 1.54) is 6.20 Å². The molecular weight excluding hydrogens is 242 g/mol. The molecule has 0 saturated carbocycles. The Hall–Kier alpha value is -2.07. The number of aromatic amines is 1. The molecule has 0 aliphatic heterocycles. The fourth-order valence-electron chi connectivity index (χ4n) is 1.54. The van der Waals surface area contributed by atoms with E-state index in [1.807, 2.05) is 0 Å². The minimum Gasteiger partial charge on any atom is -0.478 e. The van der Waals surface area contributed by atoms with Crippen molar-refractivity contribution in [2.45, 2.75) is 0 Å². The van der Waals surface area contributed by atoms with E-state index < -0.39 is 11.5 Å². The molecule has 2 N–H and O–H groups in total. The molecule has 1 aromatic heterocycles. The maximum absolute atomic E-state index is 11.1. The summed E-state index contributed by atoms with van der Waals surface area (Å²) in [5, 5.41) is 9.54. The molecule has 0 saturated heterocycles. The molecule has 0 aliphatic carbocycles. The third kappa shape index (κ3) is 2.37. The predicted octanol–water partition coefficient (Wildman–Crippen LogP) is 2.39. The fraction of sp³-hybridized carbons (Fsp3) is 0. The average Bonchev–Trinajstić information content (AvgIpc) is 2.28. The Kier molecular flexibility index (Phi) is 2.97. The van der Waals surface area contributed by atoms with Gasteiger partial charge in [-0.05, 0) is 17.7 Å². The third-order valence-corrected chi connectivity index (χ3v) is 2.53. The van der Waals surface area contributed by atoms with Crippen LogP contribution in [0.2, 0.25) is 5.02 Å². The highest BCUT2D eigenvalue weighted by Gasteiger charge is 2.12. The summed E-state index contributed by atoms with van der Waals surface area (Å²) in [5.41, 5.74) is 0.579. The van der Waals surface area contributed by atoms with Crippen molar-refractivity contribution >= 4 is 17.6 Å². The first-order valence-electron chi connectivity index (χ1n) is 4.80. The molecule has 17 heavy (non-hydrogen) atoms. The van der Waals surface area contributed by atoms with Crippen LogP contribution in [0.5, 0.6) is 0 Å². The van der Waals surface area contributed by atoms with Gasteiger partial charge in [0, 0.05) is 22.8 Å². The van der Waals surface area contributed by atoms with Gasteiger partial charge in [-0.1, -0.05) is 23.7 Å². The van der Waals surface area contributed by atoms with Gasteiger partial charge < -0.3 is 10.1 Å². The van der Waals surface area contributed by atoms with Gasteiger partial charge in [0.25, 0.3) is 0 Å². The molecule has 86 valence electrons. The number of hydrogen-bond acceptors (Lipinski definition) is 2. The van der Waals surface area contributed by atoms with E-state index >= 15 is 0 Å². The Morgan fingerprint density at radius 3 is 2.71 bits per heavy atom. The minimum atomic E-state index is -1.15. The summed E-state index contributed by atoms with van der Waals surface area (Å²) in [6, 6.07) is 7.83. The summed E-state index contributed by atoms with van der Waals surface area (Å²) in [6.07, 6.45) is 1.37. The van der Waals surface area contributed by atoms with E-state index in [9.17, 15) is 9.59 Å². The van der Waals surface area contributed by atoms with Crippen LogP contribution in [0.25, 0.3) is 11.1 Å².